The Hall–Kier alpha value is -2.88. The van der Waals surface area contributed by atoms with Gasteiger partial charge in [-0.15, -0.1) is 0 Å². The molecule has 25 heavy (non-hydrogen) atoms. The molecule has 0 aliphatic carbocycles. The number of carbonyl (C=O) groups is 1. The van der Waals surface area contributed by atoms with Crippen LogP contribution < -0.4 is 0 Å². The van der Waals surface area contributed by atoms with E-state index in [4.69, 9.17) is 0 Å². The van der Waals surface area contributed by atoms with E-state index in [1.54, 1.807) is 12.1 Å². The number of hydrogen-bond donors (Lipinski definition) is 0. The molecule has 0 aromatic heterocycles. The first-order valence-corrected chi connectivity index (χ1v) is 7.78. The molecule has 0 heterocycles. The first-order valence-electron chi connectivity index (χ1n) is 7.78. The Kier molecular flexibility index (Phi) is 4.70. The first kappa shape index (κ1) is 17.0. The number of carbonyl (C=O) groups excluding carboxylic acids is 1. The van der Waals surface area contributed by atoms with Crippen molar-refractivity contribution in [2.24, 2.45) is 0 Å². The second kappa shape index (κ2) is 6.93. The van der Waals surface area contributed by atoms with Gasteiger partial charge in [-0.05, 0) is 22.8 Å². The smallest absolute Gasteiger partial charge is 0.294 e. The van der Waals surface area contributed by atoms with Gasteiger partial charge in [0.15, 0.2) is 5.78 Å². The average Bonchev–Trinajstić information content (AvgIpc) is 2.62. The van der Waals surface area contributed by atoms with E-state index >= 15 is 0 Å². The molecule has 0 saturated carbocycles. The molecule has 0 amide bonds. The molecule has 0 N–H and O–H groups in total. The summed E-state index contributed by atoms with van der Waals surface area (Å²) in [6.45, 7) is 0. The van der Waals surface area contributed by atoms with Crippen molar-refractivity contribution >= 4 is 5.78 Å². The molecule has 0 spiro atoms. The summed E-state index contributed by atoms with van der Waals surface area (Å²) in [6, 6.07) is 21.7. The van der Waals surface area contributed by atoms with Gasteiger partial charge in [-0.25, -0.2) is 0 Å². The lowest BCUT2D eigenvalue weighted by Gasteiger charge is -2.09. The molecular formula is C21H15F3O. The number of ketones is 1. The average molecular weight is 340 g/mol. The van der Waals surface area contributed by atoms with Crippen LogP contribution in [0.5, 0.6) is 0 Å². The van der Waals surface area contributed by atoms with Gasteiger partial charge in [0.1, 0.15) is 0 Å². The fourth-order valence-corrected chi connectivity index (χ4v) is 2.62. The second-order valence-electron chi connectivity index (χ2n) is 5.74. The van der Waals surface area contributed by atoms with Gasteiger partial charge in [0.25, 0.3) is 0 Å². The molecule has 0 aliphatic heterocycles. The van der Waals surface area contributed by atoms with Crippen LogP contribution in [-0.4, -0.2) is 5.78 Å². The third-order valence-electron chi connectivity index (χ3n) is 3.93. The maximum atomic E-state index is 12.7. The minimum absolute atomic E-state index is 0.0609. The highest BCUT2D eigenvalue weighted by atomic mass is 19.4. The molecule has 0 saturated heterocycles. The minimum atomic E-state index is -4.41. The summed E-state index contributed by atoms with van der Waals surface area (Å²) in [5.41, 5.74) is 2.12. The monoisotopic (exact) mass is 340 g/mol. The Labute approximate surface area is 143 Å². The van der Waals surface area contributed by atoms with Crippen LogP contribution in [-0.2, 0) is 12.6 Å². The van der Waals surface area contributed by atoms with Crippen molar-refractivity contribution in [2.45, 2.75) is 12.6 Å². The molecule has 3 rings (SSSR count). The Morgan fingerprint density at radius 1 is 0.760 bits per heavy atom. The maximum Gasteiger partial charge on any atom is 0.416 e. The molecule has 0 unspecified atom stereocenters. The van der Waals surface area contributed by atoms with Crippen molar-refractivity contribution in [1.82, 2.24) is 0 Å². The number of rotatable bonds is 4. The molecule has 0 aliphatic rings. The number of benzene rings is 3. The van der Waals surface area contributed by atoms with Crippen molar-refractivity contribution in [3.05, 3.63) is 95.6 Å². The zero-order valence-electron chi connectivity index (χ0n) is 13.3. The van der Waals surface area contributed by atoms with Crippen LogP contribution in [0, 0.1) is 0 Å². The highest BCUT2D eigenvalue weighted by Crippen LogP contribution is 2.29. The Bertz CT molecular complexity index is 866. The molecule has 0 atom stereocenters. The third-order valence-corrected chi connectivity index (χ3v) is 3.93. The van der Waals surface area contributed by atoms with Crippen LogP contribution in [0.4, 0.5) is 13.2 Å². The molecule has 0 fully saturated rings. The summed E-state index contributed by atoms with van der Waals surface area (Å²) in [4.78, 5) is 12.3. The lowest BCUT2D eigenvalue weighted by molar-refractivity contribution is -0.137. The molecule has 0 radical (unpaired) electrons. The van der Waals surface area contributed by atoms with Gasteiger partial charge in [0.2, 0.25) is 0 Å². The van der Waals surface area contributed by atoms with Gasteiger partial charge in [0, 0.05) is 12.0 Å². The minimum Gasteiger partial charge on any atom is -0.294 e. The first-order chi connectivity index (χ1) is 11.9. The zero-order valence-corrected chi connectivity index (χ0v) is 13.3. The Balaban J connectivity index is 1.76. The fourth-order valence-electron chi connectivity index (χ4n) is 2.62. The summed E-state index contributed by atoms with van der Waals surface area (Å²) in [5, 5.41) is 0. The largest absolute Gasteiger partial charge is 0.416 e. The van der Waals surface area contributed by atoms with E-state index in [1.165, 1.54) is 12.1 Å². The molecule has 3 aromatic rings. The summed E-state index contributed by atoms with van der Waals surface area (Å²) in [6.07, 6.45) is -4.47. The predicted octanol–water partition coefficient (Wildman–Crippen LogP) is 5.80. The number of halogens is 3. The molecule has 3 aromatic carbocycles. The molecule has 1 nitrogen and oxygen atoms in total. The topological polar surface area (TPSA) is 17.1 Å². The fraction of sp³-hybridized carbons (Fsp3) is 0.0952. The normalized spacial score (nSPS) is 11.3. The van der Waals surface area contributed by atoms with Crippen LogP contribution in [0.25, 0.3) is 11.1 Å². The van der Waals surface area contributed by atoms with E-state index in [2.05, 4.69) is 0 Å². The van der Waals surface area contributed by atoms with E-state index in [9.17, 15) is 18.0 Å². The molecule has 0 bridgehead atoms. The lowest BCUT2D eigenvalue weighted by atomic mass is 9.98. The SMILES string of the molecule is O=C(Cc1cccc(C(F)(F)F)c1)c1ccc(-c2ccccc2)cc1. The highest BCUT2D eigenvalue weighted by Gasteiger charge is 2.30. The standard InChI is InChI=1S/C21H15F3O/c22-21(23,24)19-8-4-5-15(13-19)14-20(25)18-11-9-17(10-12-18)16-6-2-1-3-7-16/h1-13H,14H2. The highest BCUT2D eigenvalue weighted by molar-refractivity contribution is 5.97. The summed E-state index contributed by atoms with van der Waals surface area (Å²) >= 11 is 0. The van der Waals surface area contributed by atoms with Gasteiger partial charge in [-0.3, -0.25) is 4.79 Å². The van der Waals surface area contributed by atoms with Crippen LogP contribution >= 0.6 is 0 Å². The Morgan fingerprint density at radius 3 is 2.04 bits per heavy atom. The van der Waals surface area contributed by atoms with Crippen molar-refractivity contribution < 1.29 is 18.0 Å². The zero-order chi connectivity index (χ0) is 17.9. The third kappa shape index (κ3) is 4.15. The second-order valence-corrected chi connectivity index (χ2v) is 5.74. The van der Waals surface area contributed by atoms with Crippen molar-refractivity contribution in [3.8, 4) is 11.1 Å². The molecule has 126 valence electrons. The van der Waals surface area contributed by atoms with E-state index in [-0.39, 0.29) is 12.2 Å². The molecular weight excluding hydrogens is 325 g/mol. The van der Waals surface area contributed by atoms with Crippen LogP contribution in [0.1, 0.15) is 21.5 Å². The van der Waals surface area contributed by atoms with Gasteiger partial charge in [-0.2, -0.15) is 13.2 Å². The lowest BCUT2D eigenvalue weighted by Crippen LogP contribution is -2.08. The van der Waals surface area contributed by atoms with Gasteiger partial charge < -0.3 is 0 Å². The van der Waals surface area contributed by atoms with Crippen molar-refractivity contribution in [2.75, 3.05) is 0 Å². The van der Waals surface area contributed by atoms with Crippen LogP contribution in [0.15, 0.2) is 78.9 Å². The van der Waals surface area contributed by atoms with Gasteiger partial charge >= 0.3 is 6.18 Å². The maximum absolute atomic E-state index is 12.7. The predicted molar refractivity (Wildman–Crippen MR) is 91.4 cm³/mol. The number of Topliss-reactive ketones (excluding diaryl/α,β-unsaturated/α-hetero) is 1. The molecule has 4 heteroatoms. The van der Waals surface area contributed by atoms with E-state index in [1.807, 2.05) is 42.5 Å². The van der Waals surface area contributed by atoms with Crippen LogP contribution in [0.3, 0.4) is 0 Å². The number of alkyl halides is 3. The Morgan fingerprint density at radius 2 is 1.40 bits per heavy atom. The van der Waals surface area contributed by atoms with Crippen molar-refractivity contribution in [1.29, 1.82) is 0 Å². The number of hydrogen-bond acceptors (Lipinski definition) is 1. The quantitative estimate of drug-likeness (QED) is 0.549. The summed E-state index contributed by atoms with van der Waals surface area (Å²) < 4.78 is 38.2. The van der Waals surface area contributed by atoms with E-state index < -0.39 is 11.7 Å². The van der Waals surface area contributed by atoms with Crippen molar-refractivity contribution in [3.63, 3.8) is 0 Å². The van der Waals surface area contributed by atoms with Crippen LogP contribution in [0.2, 0.25) is 0 Å². The van der Waals surface area contributed by atoms with Gasteiger partial charge in [0.05, 0.1) is 5.56 Å². The summed E-state index contributed by atoms with van der Waals surface area (Å²) in [5.74, 6) is -0.209. The van der Waals surface area contributed by atoms with Gasteiger partial charge in [-0.1, -0.05) is 72.8 Å². The van der Waals surface area contributed by atoms with E-state index in [0.29, 0.717) is 11.1 Å². The summed E-state index contributed by atoms with van der Waals surface area (Å²) in [7, 11) is 0. The van der Waals surface area contributed by atoms with E-state index in [0.717, 1.165) is 23.3 Å².